The van der Waals surface area contributed by atoms with Crippen LogP contribution in [0, 0.1) is 0 Å². The number of fused-ring (bicyclic) bond motifs is 1. The SMILES string of the molecule is COc1ccc(OCc2coc3cc(O)ccc23)cc1. The predicted molar refractivity (Wildman–Crippen MR) is 75.2 cm³/mol. The zero-order valence-electron chi connectivity index (χ0n) is 11.0. The lowest BCUT2D eigenvalue weighted by Crippen LogP contribution is -1.94. The van der Waals surface area contributed by atoms with E-state index in [1.165, 1.54) is 0 Å². The van der Waals surface area contributed by atoms with Crippen LogP contribution in [-0.4, -0.2) is 12.2 Å². The highest BCUT2D eigenvalue weighted by Gasteiger charge is 2.07. The van der Waals surface area contributed by atoms with Gasteiger partial charge in [0.2, 0.25) is 0 Å². The molecule has 3 rings (SSSR count). The molecule has 1 N–H and O–H groups in total. The monoisotopic (exact) mass is 270 g/mol. The Bertz CT molecular complexity index is 713. The molecule has 0 saturated heterocycles. The Labute approximate surface area is 116 Å². The van der Waals surface area contributed by atoms with Crippen molar-refractivity contribution in [1.29, 1.82) is 0 Å². The van der Waals surface area contributed by atoms with Crippen LogP contribution >= 0.6 is 0 Å². The fourth-order valence-electron chi connectivity index (χ4n) is 2.02. The van der Waals surface area contributed by atoms with Crippen LogP contribution in [0.4, 0.5) is 0 Å². The van der Waals surface area contributed by atoms with Crippen molar-refractivity contribution in [2.75, 3.05) is 7.11 Å². The molecule has 0 radical (unpaired) electrons. The summed E-state index contributed by atoms with van der Waals surface area (Å²) in [5, 5.41) is 10.3. The molecule has 0 amide bonds. The van der Waals surface area contributed by atoms with E-state index in [1.54, 1.807) is 25.5 Å². The largest absolute Gasteiger partial charge is 0.508 e. The molecule has 3 aromatic rings. The van der Waals surface area contributed by atoms with Crippen molar-refractivity contribution >= 4 is 11.0 Å². The zero-order valence-corrected chi connectivity index (χ0v) is 11.0. The molecule has 0 saturated carbocycles. The topological polar surface area (TPSA) is 51.8 Å². The summed E-state index contributed by atoms with van der Waals surface area (Å²) >= 11 is 0. The lowest BCUT2D eigenvalue weighted by Gasteiger charge is -2.06. The molecule has 1 aromatic heterocycles. The van der Waals surface area contributed by atoms with Gasteiger partial charge in [0.05, 0.1) is 13.4 Å². The molecule has 20 heavy (non-hydrogen) atoms. The lowest BCUT2D eigenvalue weighted by atomic mass is 10.2. The number of phenolic OH excluding ortho intramolecular Hbond substituents is 1. The van der Waals surface area contributed by atoms with Crippen molar-refractivity contribution in [2.45, 2.75) is 6.61 Å². The van der Waals surface area contributed by atoms with Gasteiger partial charge in [-0.05, 0) is 36.4 Å². The maximum absolute atomic E-state index is 9.39. The summed E-state index contributed by atoms with van der Waals surface area (Å²) < 4.78 is 16.2. The summed E-state index contributed by atoms with van der Waals surface area (Å²) in [4.78, 5) is 0. The normalized spacial score (nSPS) is 10.7. The minimum absolute atomic E-state index is 0.189. The Kier molecular flexibility index (Phi) is 3.21. The fraction of sp³-hybridized carbons (Fsp3) is 0.125. The van der Waals surface area contributed by atoms with Crippen molar-refractivity contribution in [3.63, 3.8) is 0 Å². The van der Waals surface area contributed by atoms with Crippen LogP contribution in [0.1, 0.15) is 5.56 Å². The number of hydrogen-bond acceptors (Lipinski definition) is 4. The standard InChI is InChI=1S/C16H14O4/c1-18-13-3-5-14(6-4-13)19-9-11-10-20-16-8-12(17)2-7-15(11)16/h2-8,10,17H,9H2,1H3. The molecule has 4 heteroatoms. The zero-order chi connectivity index (χ0) is 13.9. The second kappa shape index (κ2) is 5.17. The first-order chi connectivity index (χ1) is 9.76. The molecule has 102 valence electrons. The average Bonchev–Trinajstić information content (AvgIpc) is 2.88. The van der Waals surface area contributed by atoms with E-state index >= 15 is 0 Å². The predicted octanol–water partition coefficient (Wildman–Crippen LogP) is 3.73. The quantitative estimate of drug-likeness (QED) is 0.785. The number of ether oxygens (including phenoxy) is 2. The smallest absolute Gasteiger partial charge is 0.137 e. The van der Waals surface area contributed by atoms with E-state index in [4.69, 9.17) is 13.9 Å². The molecule has 0 spiro atoms. The first kappa shape index (κ1) is 12.4. The van der Waals surface area contributed by atoms with Crippen LogP contribution in [0.2, 0.25) is 0 Å². The van der Waals surface area contributed by atoms with Crippen LogP contribution in [-0.2, 0) is 6.61 Å². The van der Waals surface area contributed by atoms with Gasteiger partial charge in [0.1, 0.15) is 29.4 Å². The molecule has 0 fully saturated rings. The van der Waals surface area contributed by atoms with E-state index in [1.807, 2.05) is 30.3 Å². The van der Waals surface area contributed by atoms with Gasteiger partial charge >= 0.3 is 0 Å². The second-order valence-electron chi connectivity index (χ2n) is 4.41. The molecular formula is C16H14O4. The van der Waals surface area contributed by atoms with E-state index in [9.17, 15) is 5.11 Å². The first-order valence-corrected chi connectivity index (χ1v) is 6.22. The molecule has 0 bridgehead atoms. The van der Waals surface area contributed by atoms with Crippen LogP contribution in [0.3, 0.4) is 0 Å². The first-order valence-electron chi connectivity index (χ1n) is 6.22. The van der Waals surface area contributed by atoms with Crippen LogP contribution in [0.5, 0.6) is 17.2 Å². The number of hydrogen-bond donors (Lipinski definition) is 1. The van der Waals surface area contributed by atoms with Gasteiger partial charge in [-0.3, -0.25) is 0 Å². The number of rotatable bonds is 4. The van der Waals surface area contributed by atoms with Gasteiger partial charge in [0, 0.05) is 17.0 Å². The summed E-state index contributed by atoms with van der Waals surface area (Å²) in [7, 11) is 1.63. The number of phenols is 1. The number of methoxy groups -OCH3 is 1. The summed E-state index contributed by atoms with van der Waals surface area (Å²) in [5.74, 6) is 1.75. The molecule has 1 heterocycles. The van der Waals surface area contributed by atoms with Crippen molar-refractivity contribution in [2.24, 2.45) is 0 Å². The van der Waals surface area contributed by atoms with Gasteiger partial charge in [-0.2, -0.15) is 0 Å². The highest BCUT2D eigenvalue weighted by molar-refractivity contribution is 5.82. The third-order valence-electron chi connectivity index (χ3n) is 3.09. The third-order valence-corrected chi connectivity index (χ3v) is 3.09. The van der Waals surface area contributed by atoms with E-state index in [0.717, 1.165) is 22.4 Å². The van der Waals surface area contributed by atoms with Gasteiger partial charge in [-0.25, -0.2) is 0 Å². The molecular weight excluding hydrogens is 256 g/mol. The summed E-state index contributed by atoms with van der Waals surface area (Å²) in [5.41, 5.74) is 1.59. The average molecular weight is 270 g/mol. The van der Waals surface area contributed by atoms with Gasteiger partial charge in [0.15, 0.2) is 0 Å². The van der Waals surface area contributed by atoms with Gasteiger partial charge in [-0.15, -0.1) is 0 Å². The van der Waals surface area contributed by atoms with Gasteiger partial charge in [0.25, 0.3) is 0 Å². The highest BCUT2D eigenvalue weighted by Crippen LogP contribution is 2.26. The fourth-order valence-corrected chi connectivity index (χ4v) is 2.02. The molecule has 4 nitrogen and oxygen atoms in total. The highest BCUT2D eigenvalue weighted by atomic mass is 16.5. The van der Waals surface area contributed by atoms with Crippen LogP contribution in [0.25, 0.3) is 11.0 Å². The van der Waals surface area contributed by atoms with Crippen LogP contribution < -0.4 is 9.47 Å². The van der Waals surface area contributed by atoms with Gasteiger partial charge < -0.3 is 19.0 Å². The number of aromatic hydroxyl groups is 1. The van der Waals surface area contributed by atoms with Crippen LogP contribution in [0.15, 0.2) is 53.1 Å². The molecule has 0 aliphatic heterocycles. The maximum atomic E-state index is 9.39. The van der Waals surface area contributed by atoms with E-state index in [2.05, 4.69) is 0 Å². The molecule has 0 unspecified atom stereocenters. The number of benzene rings is 2. The van der Waals surface area contributed by atoms with E-state index in [-0.39, 0.29) is 5.75 Å². The molecule has 0 atom stereocenters. The lowest BCUT2D eigenvalue weighted by molar-refractivity contribution is 0.305. The Morgan fingerprint density at radius 3 is 2.55 bits per heavy atom. The third kappa shape index (κ3) is 2.40. The minimum atomic E-state index is 0.189. The second-order valence-corrected chi connectivity index (χ2v) is 4.41. The Morgan fingerprint density at radius 2 is 1.80 bits per heavy atom. The van der Waals surface area contributed by atoms with Crippen molar-refractivity contribution in [1.82, 2.24) is 0 Å². The Hall–Kier alpha value is -2.62. The summed E-state index contributed by atoms with van der Waals surface area (Å²) in [6, 6.07) is 12.4. The van der Waals surface area contributed by atoms with Crippen molar-refractivity contribution in [3.8, 4) is 17.2 Å². The van der Waals surface area contributed by atoms with Crippen molar-refractivity contribution in [3.05, 3.63) is 54.3 Å². The Balaban J connectivity index is 1.76. The van der Waals surface area contributed by atoms with Gasteiger partial charge in [-0.1, -0.05) is 0 Å². The Morgan fingerprint density at radius 1 is 1.05 bits per heavy atom. The number of furan rings is 1. The molecule has 0 aliphatic rings. The molecule has 2 aromatic carbocycles. The van der Waals surface area contributed by atoms with E-state index < -0.39 is 0 Å². The maximum Gasteiger partial charge on any atom is 0.137 e. The van der Waals surface area contributed by atoms with Crippen molar-refractivity contribution < 1.29 is 19.0 Å². The minimum Gasteiger partial charge on any atom is -0.508 e. The molecule has 0 aliphatic carbocycles. The summed E-state index contributed by atoms with van der Waals surface area (Å²) in [6.45, 7) is 0.407. The summed E-state index contributed by atoms with van der Waals surface area (Å²) in [6.07, 6.45) is 1.65. The van der Waals surface area contributed by atoms with E-state index in [0.29, 0.717) is 12.2 Å².